The molecule has 42 heavy (non-hydrogen) atoms. The maximum absolute atomic E-state index is 11.3. The van der Waals surface area contributed by atoms with Crippen molar-refractivity contribution in [1.29, 1.82) is 0 Å². The second-order valence-corrected chi connectivity index (χ2v) is 10.4. The van der Waals surface area contributed by atoms with Crippen LogP contribution < -0.4 is 0 Å². The number of phenols is 2. The Bertz CT molecular complexity index is 1920. The molecular formula is C37H30N2O2Pt. The molecule has 2 N–H and O–H groups in total. The smallest absolute Gasteiger partial charge is 0.125 e. The molecular weight excluding hydrogens is 699 g/mol. The maximum Gasteiger partial charge on any atom is 0.125 e. The summed E-state index contributed by atoms with van der Waals surface area (Å²) in [5.74, 6) is 0.354. The zero-order valence-corrected chi connectivity index (χ0v) is 25.8. The van der Waals surface area contributed by atoms with Gasteiger partial charge in [-0.1, -0.05) is 78.4 Å². The largest absolute Gasteiger partial charge is 0.507 e. The number of hydrogen-bond donors (Lipinski definition) is 2. The number of rotatable bonds is 5. The Morgan fingerprint density at radius 3 is 2.07 bits per heavy atom. The van der Waals surface area contributed by atoms with Gasteiger partial charge < -0.3 is 10.2 Å². The van der Waals surface area contributed by atoms with E-state index in [1.807, 2.05) is 78.9 Å². The summed E-state index contributed by atoms with van der Waals surface area (Å²) in [6, 6.07) is 35.4. The van der Waals surface area contributed by atoms with Crippen LogP contribution in [0.25, 0.3) is 44.3 Å². The van der Waals surface area contributed by atoms with Crippen molar-refractivity contribution >= 4 is 22.7 Å². The van der Waals surface area contributed by atoms with Gasteiger partial charge in [-0.25, -0.2) is 4.98 Å². The Morgan fingerprint density at radius 2 is 1.36 bits per heavy atom. The Hall–Kier alpha value is -4.53. The molecule has 0 radical (unpaired) electrons. The van der Waals surface area contributed by atoms with Crippen LogP contribution in [0.2, 0.25) is 0 Å². The number of phenolic OH excluding ortho intramolecular Hbond substituents is 2. The monoisotopic (exact) mass is 729 g/mol. The minimum absolute atomic E-state index is 0. The molecule has 0 aliphatic heterocycles. The Kier molecular flexibility index (Phi) is 8.38. The summed E-state index contributed by atoms with van der Waals surface area (Å²) in [4.78, 5) is 9.61. The summed E-state index contributed by atoms with van der Waals surface area (Å²) in [5.41, 5.74) is 10.3. The SMILES string of the molecule is Cc1cc(C)c(-c2ccc(-c3cc(-c4ccccc4)cc(C=Nc4cccc5cccc(O)c45)n3)c(O)c2)c(C)c1.[Pt]. The Balaban J connectivity index is 0.00000353. The van der Waals surface area contributed by atoms with E-state index in [1.165, 1.54) is 16.7 Å². The van der Waals surface area contributed by atoms with Gasteiger partial charge in [-0.05, 0) is 95.9 Å². The number of fused-ring (bicyclic) bond motifs is 1. The first-order chi connectivity index (χ1) is 19.9. The van der Waals surface area contributed by atoms with Gasteiger partial charge in [0, 0.05) is 32.0 Å². The minimum Gasteiger partial charge on any atom is -0.507 e. The topological polar surface area (TPSA) is 65.7 Å². The van der Waals surface area contributed by atoms with Gasteiger partial charge in [0.25, 0.3) is 0 Å². The van der Waals surface area contributed by atoms with E-state index in [0.717, 1.165) is 27.6 Å². The molecule has 5 heteroatoms. The van der Waals surface area contributed by atoms with Crippen molar-refractivity contribution in [2.45, 2.75) is 20.8 Å². The second-order valence-electron chi connectivity index (χ2n) is 10.4. The molecule has 0 saturated carbocycles. The number of benzene rings is 5. The zero-order chi connectivity index (χ0) is 28.5. The number of aliphatic imine (C=N–C) groups is 1. The second kappa shape index (κ2) is 12.1. The number of aromatic nitrogens is 1. The summed E-state index contributed by atoms with van der Waals surface area (Å²) in [6.07, 6.45) is 1.71. The van der Waals surface area contributed by atoms with Crippen LogP contribution in [0.4, 0.5) is 5.69 Å². The molecule has 0 amide bonds. The van der Waals surface area contributed by atoms with Crippen molar-refractivity contribution in [2.24, 2.45) is 4.99 Å². The van der Waals surface area contributed by atoms with E-state index < -0.39 is 0 Å². The Labute approximate surface area is 260 Å². The molecule has 6 aromatic rings. The molecule has 0 spiro atoms. The molecule has 4 nitrogen and oxygen atoms in total. The summed E-state index contributed by atoms with van der Waals surface area (Å²) < 4.78 is 0. The van der Waals surface area contributed by atoms with Gasteiger partial charge in [0.1, 0.15) is 11.5 Å². The van der Waals surface area contributed by atoms with Gasteiger partial charge in [-0.15, -0.1) is 0 Å². The van der Waals surface area contributed by atoms with Crippen molar-refractivity contribution in [3.8, 4) is 45.0 Å². The molecule has 0 aliphatic rings. The molecule has 0 fully saturated rings. The maximum atomic E-state index is 11.3. The first-order valence-electron chi connectivity index (χ1n) is 13.6. The summed E-state index contributed by atoms with van der Waals surface area (Å²) in [7, 11) is 0. The third-order valence-electron chi connectivity index (χ3n) is 7.39. The number of aryl methyl sites for hydroxylation is 3. The third kappa shape index (κ3) is 5.77. The summed E-state index contributed by atoms with van der Waals surface area (Å²) >= 11 is 0. The summed E-state index contributed by atoms with van der Waals surface area (Å²) in [6.45, 7) is 6.30. The van der Waals surface area contributed by atoms with E-state index >= 15 is 0 Å². The van der Waals surface area contributed by atoms with Crippen molar-refractivity contribution in [3.05, 3.63) is 132 Å². The van der Waals surface area contributed by atoms with E-state index in [-0.39, 0.29) is 32.6 Å². The van der Waals surface area contributed by atoms with Crippen LogP contribution in [0.15, 0.2) is 114 Å². The van der Waals surface area contributed by atoms with Crippen molar-refractivity contribution < 1.29 is 31.3 Å². The standard InChI is InChI=1S/C37H30N2O2.Pt/c1-23-17-24(2)36(25(3)18-23)28-15-16-31(35(41)21-28)33-20-29(26-9-5-4-6-10-26)19-30(39-33)22-38-32-13-7-11-27-12-8-14-34(40)37(27)32;/h4-22,40-41H,1-3H3;. The first kappa shape index (κ1) is 29.0. The van der Waals surface area contributed by atoms with E-state index in [9.17, 15) is 10.2 Å². The predicted molar refractivity (Wildman–Crippen MR) is 169 cm³/mol. The van der Waals surface area contributed by atoms with Gasteiger partial charge in [-0.2, -0.15) is 0 Å². The van der Waals surface area contributed by atoms with Gasteiger partial charge in [-0.3, -0.25) is 4.99 Å². The van der Waals surface area contributed by atoms with Crippen molar-refractivity contribution in [2.75, 3.05) is 0 Å². The van der Waals surface area contributed by atoms with Crippen LogP contribution in [0, 0.1) is 20.8 Å². The van der Waals surface area contributed by atoms with Crippen molar-refractivity contribution in [3.63, 3.8) is 0 Å². The fourth-order valence-corrected chi connectivity index (χ4v) is 5.64. The molecule has 210 valence electrons. The Morgan fingerprint density at radius 1 is 0.643 bits per heavy atom. The number of pyridine rings is 1. The average molecular weight is 730 g/mol. The molecule has 0 atom stereocenters. The fourth-order valence-electron chi connectivity index (χ4n) is 5.64. The van der Waals surface area contributed by atoms with E-state index in [4.69, 9.17) is 9.98 Å². The molecule has 6 rings (SSSR count). The van der Waals surface area contributed by atoms with Gasteiger partial charge >= 0.3 is 0 Å². The van der Waals surface area contributed by atoms with Gasteiger partial charge in [0.2, 0.25) is 0 Å². The molecule has 1 aromatic heterocycles. The summed E-state index contributed by atoms with van der Waals surface area (Å²) in [5, 5.41) is 23.4. The minimum atomic E-state index is 0. The average Bonchev–Trinajstić information content (AvgIpc) is 2.96. The quantitative estimate of drug-likeness (QED) is 0.174. The van der Waals surface area contributed by atoms with Crippen molar-refractivity contribution in [1.82, 2.24) is 4.98 Å². The van der Waals surface area contributed by atoms with Crippen LogP contribution in [-0.2, 0) is 21.1 Å². The van der Waals surface area contributed by atoms with E-state index in [2.05, 4.69) is 45.0 Å². The molecule has 0 unspecified atom stereocenters. The molecule has 5 aromatic carbocycles. The van der Waals surface area contributed by atoms with E-state index in [0.29, 0.717) is 28.0 Å². The number of nitrogens with zero attached hydrogens (tertiary/aromatic N) is 2. The predicted octanol–water partition coefficient (Wildman–Crippen LogP) is 9.32. The number of hydrogen-bond acceptors (Lipinski definition) is 4. The van der Waals surface area contributed by atoms with E-state index in [1.54, 1.807) is 12.3 Å². The van der Waals surface area contributed by atoms with Gasteiger partial charge in [0.05, 0.1) is 23.3 Å². The molecule has 0 saturated heterocycles. The third-order valence-corrected chi connectivity index (χ3v) is 7.39. The molecule has 0 bridgehead atoms. The van der Waals surface area contributed by atoms with Crippen LogP contribution in [0.3, 0.4) is 0 Å². The molecule has 0 aliphatic carbocycles. The van der Waals surface area contributed by atoms with Crippen LogP contribution >= 0.6 is 0 Å². The zero-order valence-electron chi connectivity index (χ0n) is 23.6. The normalized spacial score (nSPS) is 11.1. The van der Waals surface area contributed by atoms with Crippen LogP contribution in [0.1, 0.15) is 22.4 Å². The van der Waals surface area contributed by atoms with Gasteiger partial charge in [0.15, 0.2) is 0 Å². The van der Waals surface area contributed by atoms with Crippen LogP contribution in [0.5, 0.6) is 11.5 Å². The first-order valence-corrected chi connectivity index (χ1v) is 13.6. The number of aromatic hydroxyl groups is 2. The van der Waals surface area contributed by atoms with Crippen LogP contribution in [-0.4, -0.2) is 21.4 Å². The fraction of sp³-hybridized carbons (Fsp3) is 0.0811. The molecule has 1 heterocycles.